The highest BCUT2D eigenvalue weighted by atomic mass is 35.5. The Morgan fingerprint density at radius 2 is 2.42 bits per heavy atom. The standard InChI is InChI=1S/C8H6ClNO2/c9-4-6-5-10-8(12-6)7-2-1-3-11-7/h1-3,5H,4H2. The van der Waals surface area contributed by atoms with Crippen LogP contribution in [0.25, 0.3) is 11.7 Å². The number of hydrogen-bond donors (Lipinski definition) is 0. The molecular weight excluding hydrogens is 178 g/mol. The molecular formula is C8H6ClNO2. The molecule has 2 aromatic rings. The van der Waals surface area contributed by atoms with E-state index in [2.05, 4.69) is 4.98 Å². The first-order chi connectivity index (χ1) is 5.90. The van der Waals surface area contributed by atoms with Crippen LogP contribution in [0.5, 0.6) is 0 Å². The normalized spacial score (nSPS) is 10.4. The molecule has 0 N–H and O–H groups in total. The molecule has 2 rings (SSSR count). The van der Waals surface area contributed by atoms with Crippen LogP contribution in [0.1, 0.15) is 5.76 Å². The molecule has 12 heavy (non-hydrogen) atoms. The summed E-state index contributed by atoms with van der Waals surface area (Å²) in [6, 6.07) is 3.56. The summed E-state index contributed by atoms with van der Waals surface area (Å²) in [6.45, 7) is 0. The summed E-state index contributed by atoms with van der Waals surface area (Å²) < 4.78 is 10.3. The van der Waals surface area contributed by atoms with Crippen LogP contribution in [-0.4, -0.2) is 4.98 Å². The lowest BCUT2D eigenvalue weighted by atomic mass is 10.4. The van der Waals surface area contributed by atoms with Gasteiger partial charge in [0.25, 0.3) is 5.89 Å². The summed E-state index contributed by atoms with van der Waals surface area (Å²) >= 11 is 5.54. The van der Waals surface area contributed by atoms with Crippen molar-refractivity contribution in [2.75, 3.05) is 0 Å². The van der Waals surface area contributed by atoms with Crippen molar-refractivity contribution in [2.24, 2.45) is 0 Å². The maximum atomic E-state index is 5.54. The lowest BCUT2D eigenvalue weighted by Gasteiger charge is -1.86. The van der Waals surface area contributed by atoms with Crippen LogP contribution in [0.3, 0.4) is 0 Å². The van der Waals surface area contributed by atoms with E-state index in [1.807, 2.05) is 0 Å². The van der Waals surface area contributed by atoms with Gasteiger partial charge in [-0.1, -0.05) is 0 Å². The van der Waals surface area contributed by atoms with E-state index in [-0.39, 0.29) is 0 Å². The summed E-state index contributed by atoms with van der Waals surface area (Å²) in [5.74, 6) is 2.05. The van der Waals surface area contributed by atoms with Gasteiger partial charge < -0.3 is 8.83 Å². The summed E-state index contributed by atoms with van der Waals surface area (Å²) in [5, 5.41) is 0. The maximum absolute atomic E-state index is 5.54. The minimum Gasteiger partial charge on any atom is -0.459 e. The van der Waals surface area contributed by atoms with E-state index >= 15 is 0 Å². The van der Waals surface area contributed by atoms with Crippen molar-refractivity contribution in [3.63, 3.8) is 0 Å². The molecule has 62 valence electrons. The van der Waals surface area contributed by atoms with Crippen LogP contribution in [0.2, 0.25) is 0 Å². The molecule has 0 amide bonds. The van der Waals surface area contributed by atoms with Gasteiger partial charge in [0, 0.05) is 0 Å². The first-order valence-electron chi connectivity index (χ1n) is 3.44. The third kappa shape index (κ3) is 1.23. The van der Waals surface area contributed by atoms with Gasteiger partial charge in [-0.3, -0.25) is 0 Å². The molecule has 0 radical (unpaired) electrons. The Labute approximate surface area is 74.0 Å². The van der Waals surface area contributed by atoms with Crippen molar-refractivity contribution in [1.82, 2.24) is 4.98 Å². The highest BCUT2D eigenvalue weighted by Crippen LogP contribution is 2.19. The quantitative estimate of drug-likeness (QED) is 0.672. The zero-order chi connectivity index (χ0) is 8.39. The smallest absolute Gasteiger partial charge is 0.263 e. The molecule has 0 saturated carbocycles. The van der Waals surface area contributed by atoms with Gasteiger partial charge in [-0.25, -0.2) is 4.98 Å². The summed E-state index contributed by atoms with van der Waals surface area (Å²) in [7, 11) is 0. The number of nitrogens with zero attached hydrogens (tertiary/aromatic N) is 1. The molecule has 4 heteroatoms. The van der Waals surface area contributed by atoms with Crippen LogP contribution in [-0.2, 0) is 5.88 Å². The van der Waals surface area contributed by atoms with Gasteiger partial charge in [0.2, 0.25) is 0 Å². The molecule has 0 atom stereocenters. The maximum Gasteiger partial charge on any atom is 0.263 e. The lowest BCUT2D eigenvalue weighted by molar-refractivity contribution is 0.498. The minimum atomic E-state index is 0.327. The molecule has 0 bridgehead atoms. The second-order valence-electron chi connectivity index (χ2n) is 2.24. The van der Waals surface area contributed by atoms with Gasteiger partial charge in [0.1, 0.15) is 5.76 Å². The first-order valence-corrected chi connectivity index (χ1v) is 3.98. The van der Waals surface area contributed by atoms with Crippen molar-refractivity contribution >= 4 is 11.6 Å². The molecule has 0 fully saturated rings. The van der Waals surface area contributed by atoms with Crippen molar-refractivity contribution in [3.8, 4) is 11.7 Å². The predicted octanol–water partition coefficient (Wildman–Crippen LogP) is 2.67. The van der Waals surface area contributed by atoms with E-state index in [1.54, 1.807) is 24.6 Å². The number of aromatic nitrogens is 1. The molecule has 0 aromatic carbocycles. The van der Waals surface area contributed by atoms with E-state index < -0.39 is 0 Å². The second kappa shape index (κ2) is 3.03. The molecule has 0 unspecified atom stereocenters. The fourth-order valence-electron chi connectivity index (χ4n) is 0.883. The highest BCUT2D eigenvalue weighted by molar-refractivity contribution is 6.16. The molecule has 3 nitrogen and oxygen atoms in total. The van der Waals surface area contributed by atoms with Gasteiger partial charge in [-0.05, 0) is 12.1 Å². The number of halogens is 1. The Kier molecular flexibility index (Phi) is 1.87. The first kappa shape index (κ1) is 7.43. The zero-order valence-electron chi connectivity index (χ0n) is 6.16. The number of oxazole rings is 1. The predicted molar refractivity (Wildman–Crippen MR) is 43.8 cm³/mol. The zero-order valence-corrected chi connectivity index (χ0v) is 6.91. The van der Waals surface area contributed by atoms with Crippen LogP contribution in [0.15, 0.2) is 33.4 Å². The second-order valence-corrected chi connectivity index (χ2v) is 2.51. The van der Waals surface area contributed by atoms with E-state index in [9.17, 15) is 0 Å². The Morgan fingerprint density at radius 1 is 1.50 bits per heavy atom. The number of alkyl halides is 1. The van der Waals surface area contributed by atoms with Gasteiger partial charge in [0.15, 0.2) is 5.76 Å². The topological polar surface area (TPSA) is 39.2 Å². The molecule has 0 saturated heterocycles. The van der Waals surface area contributed by atoms with Crippen molar-refractivity contribution < 1.29 is 8.83 Å². The number of hydrogen-bond acceptors (Lipinski definition) is 3. The Morgan fingerprint density at radius 3 is 3.00 bits per heavy atom. The van der Waals surface area contributed by atoms with Crippen LogP contribution in [0.4, 0.5) is 0 Å². The molecule has 2 aromatic heterocycles. The number of rotatable bonds is 2. The van der Waals surface area contributed by atoms with Crippen molar-refractivity contribution in [2.45, 2.75) is 5.88 Å². The van der Waals surface area contributed by atoms with Crippen molar-refractivity contribution in [3.05, 3.63) is 30.4 Å². The van der Waals surface area contributed by atoms with Gasteiger partial charge in [-0.15, -0.1) is 11.6 Å². The fraction of sp³-hybridized carbons (Fsp3) is 0.125. The monoisotopic (exact) mass is 183 g/mol. The van der Waals surface area contributed by atoms with Gasteiger partial charge in [0.05, 0.1) is 18.3 Å². The Bertz CT molecular complexity index is 353. The van der Waals surface area contributed by atoms with Crippen LogP contribution >= 0.6 is 11.6 Å². The molecule has 0 aliphatic carbocycles. The van der Waals surface area contributed by atoms with Crippen molar-refractivity contribution in [1.29, 1.82) is 0 Å². The van der Waals surface area contributed by atoms with Gasteiger partial charge in [-0.2, -0.15) is 0 Å². The molecule has 0 aliphatic rings. The third-order valence-corrected chi connectivity index (χ3v) is 1.68. The average molecular weight is 184 g/mol. The van der Waals surface area contributed by atoms with E-state index in [4.69, 9.17) is 20.4 Å². The molecule has 0 spiro atoms. The summed E-state index contributed by atoms with van der Waals surface area (Å²) in [6.07, 6.45) is 3.16. The van der Waals surface area contributed by atoms with E-state index in [1.165, 1.54) is 0 Å². The average Bonchev–Trinajstić information content (AvgIpc) is 2.75. The Hall–Kier alpha value is -1.22. The van der Waals surface area contributed by atoms with E-state index in [0.717, 1.165) is 0 Å². The van der Waals surface area contributed by atoms with Crippen LogP contribution < -0.4 is 0 Å². The minimum absolute atomic E-state index is 0.327. The fourth-order valence-corrected chi connectivity index (χ4v) is 1.01. The lowest BCUT2D eigenvalue weighted by Crippen LogP contribution is -1.68. The molecule has 2 heterocycles. The number of furan rings is 1. The van der Waals surface area contributed by atoms with E-state index in [0.29, 0.717) is 23.3 Å². The van der Waals surface area contributed by atoms with Gasteiger partial charge >= 0.3 is 0 Å². The summed E-state index contributed by atoms with van der Waals surface area (Å²) in [5.41, 5.74) is 0. The molecule has 0 aliphatic heterocycles. The highest BCUT2D eigenvalue weighted by Gasteiger charge is 2.07. The largest absolute Gasteiger partial charge is 0.459 e. The third-order valence-electron chi connectivity index (χ3n) is 1.42. The SMILES string of the molecule is ClCc1cnc(-c2ccco2)o1. The Balaban J connectivity index is 2.35. The van der Waals surface area contributed by atoms with Crippen LogP contribution in [0, 0.1) is 0 Å². The summed E-state index contributed by atoms with van der Waals surface area (Å²) in [4.78, 5) is 3.98.